The Hall–Kier alpha value is -4.07. The predicted molar refractivity (Wildman–Crippen MR) is 98.9 cm³/mol. The molecule has 1 aliphatic rings. The fourth-order valence-electron chi connectivity index (χ4n) is 2.82. The Bertz CT molecular complexity index is 1150. The number of hydrogen-bond donors (Lipinski definition) is 2. The molecule has 0 bridgehead atoms. The lowest BCUT2D eigenvalue weighted by Gasteiger charge is -2.11. The average molecular weight is 359 g/mol. The summed E-state index contributed by atoms with van der Waals surface area (Å²) in [6.07, 6.45) is 0. The van der Waals surface area contributed by atoms with Gasteiger partial charge in [0.15, 0.2) is 0 Å². The first kappa shape index (κ1) is 16.4. The molecular weight excluding hydrogens is 346 g/mol. The number of rotatable bonds is 3. The first-order chi connectivity index (χ1) is 13.0. The Morgan fingerprint density at radius 2 is 1.44 bits per heavy atom. The lowest BCUT2D eigenvalue weighted by molar-refractivity contribution is 0.0880. The van der Waals surface area contributed by atoms with Crippen LogP contribution in [0.2, 0.25) is 0 Å². The molecule has 0 unspecified atom stereocenters. The van der Waals surface area contributed by atoms with Gasteiger partial charge < -0.3 is 5.73 Å². The molecule has 0 saturated heterocycles. The van der Waals surface area contributed by atoms with Crippen LogP contribution in [-0.2, 0) is 0 Å². The summed E-state index contributed by atoms with van der Waals surface area (Å²) < 4.78 is 1.18. The molecule has 0 radical (unpaired) electrons. The van der Waals surface area contributed by atoms with Crippen LogP contribution in [0, 0.1) is 0 Å². The number of amides is 2. The molecule has 3 N–H and O–H groups in total. The zero-order valence-corrected chi connectivity index (χ0v) is 13.9. The van der Waals surface area contributed by atoms with Crippen molar-refractivity contribution in [1.29, 1.82) is 0 Å². The summed E-state index contributed by atoms with van der Waals surface area (Å²) in [5.41, 5.74) is 7.25. The fraction of sp³-hybridized carbons (Fsp3) is 0. The number of nitrogen functional groups attached to an aromatic ring is 1. The number of benzene rings is 2. The van der Waals surface area contributed by atoms with E-state index < -0.39 is 17.4 Å². The van der Waals surface area contributed by atoms with Crippen LogP contribution >= 0.6 is 0 Å². The third-order valence-corrected chi connectivity index (χ3v) is 4.10. The maximum absolute atomic E-state index is 12.4. The van der Waals surface area contributed by atoms with Crippen molar-refractivity contribution in [2.24, 2.45) is 10.2 Å². The van der Waals surface area contributed by atoms with Gasteiger partial charge in [-0.2, -0.15) is 10.2 Å². The predicted octanol–water partition coefficient (Wildman–Crippen LogP) is 2.72. The summed E-state index contributed by atoms with van der Waals surface area (Å²) in [5, 5.41) is 10.4. The number of carbonyl (C=O) groups excluding carboxylic acids is 2. The van der Waals surface area contributed by atoms with Crippen LogP contribution in [0.5, 0.6) is 0 Å². The van der Waals surface area contributed by atoms with Gasteiger partial charge >= 0.3 is 0 Å². The number of hydrogen-bond acceptors (Lipinski definition) is 6. The smallest absolute Gasteiger partial charge is 0.262 e. The molecule has 1 aliphatic heterocycles. The molecule has 27 heavy (non-hydrogen) atoms. The van der Waals surface area contributed by atoms with Gasteiger partial charge in [0.05, 0.1) is 28.2 Å². The van der Waals surface area contributed by atoms with Crippen molar-refractivity contribution >= 4 is 29.0 Å². The van der Waals surface area contributed by atoms with E-state index >= 15 is 0 Å². The number of azo groups is 1. The molecule has 0 aliphatic carbocycles. The molecular formula is C19H13N5O3. The van der Waals surface area contributed by atoms with E-state index in [1.165, 1.54) is 4.57 Å². The Morgan fingerprint density at radius 3 is 2.11 bits per heavy atom. The number of carbonyl (C=O) groups is 2. The van der Waals surface area contributed by atoms with Crippen LogP contribution in [0.3, 0.4) is 0 Å². The minimum absolute atomic E-state index is 0.00689. The molecule has 3 aromatic rings. The van der Waals surface area contributed by atoms with Crippen LogP contribution in [0.25, 0.3) is 5.69 Å². The summed E-state index contributed by atoms with van der Waals surface area (Å²) in [6, 6.07) is 17.0. The van der Waals surface area contributed by atoms with Crippen LogP contribution in [0.4, 0.5) is 17.2 Å². The van der Waals surface area contributed by atoms with Crippen molar-refractivity contribution in [2.45, 2.75) is 0 Å². The molecule has 2 heterocycles. The van der Waals surface area contributed by atoms with Gasteiger partial charge in [-0.1, -0.05) is 18.2 Å². The van der Waals surface area contributed by atoms with E-state index in [1.807, 2.05) is 30.3 Å². The highest BCUT2D eigenvalue weighted by Gasteiger charge is 2.31. The zero-order valence-electron chi connectivity index (χ0n) is 13.9. The molecule has 2 aromatic carbocycles. The van der Waals surface area contributed by atoms with Gasteiger partial charge in [0.1, 0.15) is 5.82 Å². The topological polar surface area (TPSA) is 119 Å². The molecule has 2 amide bonds. The van der Waals surface area contributed by atoms with Gasteiger partial charge in [-0.25, -0.2) is 0 Å². The Balaban J connectivity index is 1.70. The second-order valence-electron chi connectivity index (χ2n) is 5.83. The molecule has 0 saturated carbocycles. The molecule has 0 spiro atoms. The van der Waals surface area contributed by atoms with Crippen molar-refractivity contribution in [3.63, 3.8) is 0 Å². The second kappa shape index (κ2) is 6.34. The molecule has 8 nitrogen and oxygen atoms in total. The molecule has 0 atom stereocenters. The largest absolute Gasteiger partial charge is 0.384 e. The van der Waals surface area contributed by atoms with E-state index in [4.69, 9.17) is 5.73 Å². The van der Waals surface area contributed by atoms with Gasteiger partial charge in [0.25, 0.3) is 17.4 Å². The number of imide groups is 1. The van der Waals surface area contributed by atoms with E-state index in [0.717, 1.165) is 11.8 Å². The minimum Gasteiger partial charge on any atom is -0.384 e. The Morgan fingerprint density at radius 1 is 0.815 bits per heavy atom. The molecule has 0 fully saturated rings. The molecule has 8 heteroatoms. The standard InChI is InChI=1S/C19H13N5O3/c20-17-16-14(18(26)21-19(16)27)10-15(25)24(17)13-8-6-12(7-9-13)23-22-11-4-2-1-3-5-11/h1-10H,20H2,(H,21,26,27). The lowest BCUT2D eigenvalue weighted by atomic mass is 10.1. The van der Waals surface area contributed by atoms with Crippen LogP contribution in [0.1, 0.15) is 20.7 Å². The van der Waals surface area contributed by atoms with E-state index in [2.05, 4.69) is 15.5 Å². The SMILES string of the molecule is Nc1c2c(cc(=O)n1-c1ccc(N=Nc3ccccc3)cc1)C(=O)NC2=O. The molecule has 4 rings (SSSR count). The summed E-state index contributed by atoms with van der Waals surface area (Å²) in [7, 11) is 0. The number of nitrogens with zero attached hydrogens (tertiary/aromatic N) is 3. The lowest BCUT2D eigenvalue weighted by Crippen LogP contribution is -2.23. The van der Waals surface area contributed by atoms with Gasteiger partial charge in [-0.05, 0) is 36.4 Å². The highest BCUT2D eigenvalue weighted by molar-refractivity contribution is 6.23. The van der Waals surface area contributed by atoms with Crippen LogP contribution < -0.4 is 16.6 Å². The van der Waals surface area contributed by atoms with E-state index in [-0.39, 0.29) is 16.9 Å². The monoisotopic (exact) mass is 359 g/mol. The number of pyridine rings is 1. The van der Waals surface area contributed by atoms with Gasteiger partial charge in [0.2, 0.25) is 0 Å². The highest BCUT2D eigenvalue weighted by atomic mass is 16.2. The summed E-state index contributed by atoms with van der Waals surface area (Å²) >= 11 is 0. The number of aromatic nitrogens is 1. The third kappa shape index (κ3) is 2.89. The summed E-state index contributed by atoms with van der Waals surface area (Å²) in [6.45, 7) is 0. The maximum atomic E-state index is 12.4. The van der Waals surface area contributed by atoms with Crippen LogP contribution in [-0.4, -0.2) is 16.4 Å². The van der Waals surface area contributed by atoms with Gasteiger partial charge in [-0.15, -0.1) is 0 Å². The summed E-state index contributed by atoms with van der Waals surface area (Å²) in [5.74, 6) is -1.32. The second-order valence-corrected chi connectivity index (χ2v) is 5.83. The quantitative estimate of drug-likeness (QED) is 0.552. The van der Waals surface area contributed by atoms with Gasteiger partial charge in [0, 0.05) is 6.07 Å². The van der Waals surface area contributed by atoms with Crippen molar-refractivity contribution in [1.82, 2.24) is 9.88 Å². The third-order valence-electron chi connectivity index (χ3n) is 4.10. The van der Waals surface area contributed by atoms with Crippen molar-refractivity contribution in [3.8, 4) is 5.69 Å². The van der Waals surface area contributed by atoms with Crippen LogP contribution in [0.15, 0.2) is 75.7 Å². The number of nitrogens with two attached hydrogens (primary N) is 1. The van der Waals surface area contributed by atoms with E-state index in [0.29, 0.717) is 11.4 Å². The maximum Gasteiger partial charge on any atom is 0.262 e. The van der Waals surface area contributed by atoms with Crippen molar-refractivity contribution in [2.75, 3.05) is 5.73 Å². The van der Waals surface area contributed by atoms with E-state index in [1.54, 1.807) is 24.3 Å². The Labute approximate surface area is 153 Å². The van der Waals surface area contributed by atoms with Crippen molar-refractivity contribution < 1.29 is 9.59 Å². The molecule has 1 aromatic heterocycles. The first-order valence-corrected chi connectivity index (χ1v) is 8.03. The van der Waals surface area contributed by atoms with Gasteiger partial charge in [-0.3, -0.25) is 24.3 Å². The normalized spacial score (nSPS) is 13.0. The number of fused-ring (bicyclic) bond motifs is 1. The van der Waals surface area contributed by atoms with Crippen molar-refractivity contribution in [3.05, 3.63) is 82.1 Å². The Kier molecular flexibility index (Phi) is 3.85. The molecule has 132 valence electrons. The number of nitrogens with one attached hydrogen (secondary N) is 1. The average Bonchev–Trinajstić information content (AvgIpc) is 2.95. The van der Waals surface area contributed by atoms with E-state index in [9.17, 15) is 14.4 Å². The zero-order chi connectivity index (χ0) is 19.0. The fourth-order valence-corrected chi connectivity index (χ4v) is 2.82. The first-order valence-electron chi connectivity index (χ1n) is 8.03. The summed E-state index contributed by atoms with van der Waals surface area (Å²) in [4.78, 5) is 36.0. The minimum atomic E-state index is -0.623. The number of anilines is 1. The highest BCUT2D eigenvalue weighted by Crippen LogP contribution is 2.24.